The molecular formula is C20H42N2O3S. The molecule has 2 aliphatic rings. The zero-order valence-corrected chi connectivity index (χ0v) is 18.9. The Hall–Kier alpha value is -0.880. The summed E-state index contributed by atoms with van der Waals surface area (Å²) < 4.78 is 23.6. The van der Waals surface area contributed by atoms with Crippen LogP contribution in [0.4, 0.5) is 0 Å². The van der Waals surface area contributed by atoms with Crippen molar-refractivity contribution in [1.29, 1.82) is 0 Å². The lowest BCUT2D eigenvalue weighted by atomic mass is 10.1. The van der Waals surface area contributed by atoms with Crippen LogP contribution in [0.15, 0.2) is 12.7 Å². The van der Waals surface area contributed by atoms with Crippen molar-refractivity contribution < 1.29 is 13.2 Å². The second-order valence-corrected chi connectivity index (χ2v) is 8.60. The summed E-state index contributed by atoms with van der Waals surface area (Å²) in [6, 6.07) is 0. The summed E-state index contributed by atoms with van der Waals surface area (Å²) in [7, 11) is -2.91. The second kappa shape index (κ2) is 15.2. The summed E-state index contributed by atoms with van der Waals surface area (Å²) in [5, 5.41) is 0. The number of hydrogen-bond acceptors (Lipinski definition) is 3. The summed E-state index contributed by atoms with van der Waals surface area (Å²) in [6.45, 7) is 18.6. The molecule has 0 aromatic carbocycles. The van der Waals surface area contributed by atoms with Crippen LogP contribution in [0.1, 0.15) is 67.2 Å². The van der Waals surface area contributed by atoms with E-state index in [1.165, 1.54) is 19.1 Å². The number of nitrogens with zero attached hydrogens (tertiary/aromatic N) is 2. The molecule has 0 aliphatic carbocycles. The number of carbonyl (C=O) groups is 1. The van der Waals surface area contributed by atoms with Gasteiger partial charge in [-0.15, -0.1) is 6.58 Å². The Morgan fingerprint density at radius 2 is 1.50 bits per heavy atom. The van der Waals surface area contributed by atoms with Crippen molar-refractivity contribution in [1.82, 2.24) is 9.21 Å². The lowest BCUT2D eigenvalue weighted by molar-refractivity contribution is -0.127. The van der Waals surface area contributed by atoms with Gasteiger partial charge >= 0.3 is 0 Å². The van der Waals surface area contributed by atoms with Gasteiger partial charge in [0.05, 0.1) is 6.26 Å². The molecule has 2 aliphatic heterocycles. The van der Waals surface area contributed by atoms with Crippen LogP contribution >= 0.6 is 0 Å². The lowest BCUT2D eigenvalue weighted by Gasteiger charge is -2.12. The Morgan fingerprint density at radius 1 is 1.08 bits per heavy atom. The molecule has 6 heteroatoms. The maximum atomic E-state index is 11.0. The van der Waals surface area contributed by atoms with Gasteiger partial charge in [-0.2, -0.15) is 0 Å². The second-order valence-electron chi connectivity index (χ2n) is 6.62. The predicted molar refractivity (Wildman–Crippen MR) is 113 cm³/mol. The SMILES string of the molecule is C=CC.CC.CCC1CCN(C(C)=O)C1.CCC1CCN(S(C)(=O)=O)C1. The van der Waals surface area contributed by atoms with E-state index in [1.807, 2.05) is 25.7 Å². The van der Waals surface area contributed by atoms with Gasteiger partial charge < -0.3 is 4.90 Å². The van der Waals surface area contributed by atoms with E-state index >= 15 is 0 Å². The van der Waals surface area contributed by atoms with Gasteiger partial charge in [0.1, 0.15) is 0 Å². The monoisotopic (exact) mass is 390 g/mol. The molecule has 0 N–H and O–H groups in total. The first-order chi connectivity index (χ1) is 12.2. The van der Waals surface area contributed by atoms with E-state index in [9.17, 15) is 13.2 Å². The van der Waals surface area contributed by atoms with Crippen LogP contribution in [-0.2, 0) is 14.8 Å². The van der Waals surface area contributed by atoms with Crippen LogP contribution < -0.4 is 0 Å². The Labute approximate surface area is 162 Å². The molecule has 26 heavy (non-hydrogen) atoms. The minimum atomic E-state index is -2.91. The fraction of sp³-hybridized carbons (Fsp3) is 0.850. The third-order valence-electron chi connectivity index (χ3n) is 4.60. The molecule has 2 rings (SSSR count). The van der Waals surface area contributed by atoms with E-state index in [2.05, 4.69) is 20.4 Å². The van der Waals surface area contributed by atoms with Crippen LogP contribution in [0.25, 0.3) is 0 Å². The highest BCUT2D eigenvalue weighted by molar-refractivity contribution is 7.88. The highest BCUT2D eigenvalue weighted by Crippen LogP contribution is 2.20. The predicted octanol–water partition coefficient (Wildman–Crippen LogP) is 4.16. The Kier molecular flexibility index (Phi) is 16.0. The van der Waals surface area contributed by atoms with E-state index in [-0.39, 0.29) is 5.91 Å². The molecule has 0 saturated carbocycles. The number of carbonyl (C=O) groups excluding carboxylic acids is 1. The molecule has 0 aromatic heterocycles. The van der Waals surface area contributed by atoms with Gasteiger partial charge in [0.2, 0.25) is 15.9 Å². The summed E-state index contributed by atoms with van der Waals surface area (Å²) in [6.07, 6.45) is 7.57. The summed E-state index contributed by atoms with van der Waals surface area (Å²) in [5.41, 5.74) is 0. The van der Waals surface area contributed by atoms with Crippen molar-refractivity contribution in [3.63, 3.8) is 0 Å². The molecule has 2 atom stereocenters. The van der Waals surface area contributed by atoms with E-state index < -0.39 is 10.0 Å². The fourth-order valence-electron chi connectivity index (χ4n) is 2.88. The zero-order chi connectivity index (χ0) is 20.8. The molecular weight excluding hydrogens is 348 g/mol. The molecule has 1 amide bonds. The molecule has 0 spiro atoms. The van der Waals surface area contributed by atoms with Gasteiger partial charge in [-0.25, -0.2) is 12.7 Å². The van der Waals surface area contributed by atoms with Crippen LogP contribution in [-0.4, -0.2) is 56.0 Å². The van der Waals surface area contributed by atoms with Crippen molar-refractivity contribution >= 4 is 15.9 Å². The largest absolute Gasteiger partial charge is 0.343 e. The Morgan fingerprint density at radius 3 is 1.73 bits per heavy atom. The molecule has 2 heterocycles. The third kappa shape index (κ3) is 11.7. The number of amides is 1. The topological polar surface area (TPSA) is 57.7 Å². The Bertz CT molecular complexity index is 477. The molecule has 2 unspecified atom stereocenters. The average molecular weight is 391 g/mol. The number of rotatable bonds is 3. The molecule has 0 aromatic rings. The van der Waals surface area contributed by atoms with Crippen molar-refractivity contribution in [3.8, 4) is 0 Å². The minimum absolute atomic E-state index is 0.232. The van der Waals surface area contributed by atoms with Crippen LogP contribution in [0.3, 0.4) is 0 Å². The van der Waals surface area contributed by atoms with Crippen molar-refractivity contribution in [2.24, 2.45) is 11.8 Å². The Balaban J connectivity index is 0. The summed E-state index contributed by atoms with van der Waals surface area (Å²) >= 11 is 0. The molecule has 2 saturated heterocycles. The van der Waals surface area contributed by atoms with Crippen molar-refractivity contribution in [3.05, 3.63) is 12.7 Å². The standard InChI is InChI=1S/C8H15NO.C7H15NO2S.C3H6.C2H6/c1-3-8-4-5-9(6-8)7(2)10;1-3-7-4-5-8(6-7)11(2,9)10;1-3-2;1-2/h8H,3-6H2,1-2H3;7H,3-6H2,1-2H3;3H,1H2,2H3;1-2H3. The van der Waals surface area contributed by atoms with E-state index in [1.54, 1.807) is 17.3 Å². The lowest BCUT2D eigenvalue weighted by Crippen LogP contribution is -2.27. The first-order valence-corrected chi connectivity index (χ1v) is 11.8. The normalized spacial score (nSPS) is 22.2. The van der Waals surface area contributed by atoms with Gasteiger partial charge in [-0.1, -0.05) is 46.6 Å². The van der Waals surface area contributed by atoms with Crippen LogP contribution in [0.2, 0.25) is 0 Å². The van der Waals surface area contributed by atoms with Crippen molar-refractivity contribution in [2.75, 3.05) is 32.4 Å². The first-order valence-electron chi connectivity index (χ1n) is 9.97. The van der Waals surface area contributed by atoms with Gasteiger partial charge in [-0.05, 0) is 31.6 Å². The molecule has 5 nitrogen and oxygen atoms in total. The maximum Gasteiger partial charge on any atom is 0.219 e. The number of likely N-dealkylation sites (tertiary alicyclic amines) is 1. The quantitative estimate of drug-likeness (QED) is 0.680. The molecule has 0 bridgehead atoms. The minimum Gasteiger partial charge on any atom is -0.343 e. The first kappa shape index (κ1) is 27.3. The average Bonchev–Trinajstić information content (AvgIpc) is 3.27. The molecule has 2 fully saturated rings. The highest BCUT2D eigenvalue weighted by Gasteiger charge is 2.26. The van der Waals surface area contributed by atoms with Gasteiger partial charge in [0.15, 0.2) is 0 Å². The number of hydrogen-bond donors (Lipinski definition) is 0. The maximum absolute atomic E-state index is 11.0. The zero-order valence-electron chi connectivity index (χ0n) is 18.1. The van der Waals surface area contributed by atoms with Gasteiger partial charge in [0.25, 0.3) is 0 Å². The smallest absolute Gasteiger partial charge is 0.219 e. The van der Waals surface area contributed by atoms with Crippen LogP contribution in [0, 0.1) is 11.8 Å². The molecule has 156 valence electrons. The van der Waals surface area contributed by atoms with E-state index in [0.29, 0.717) is 5.92 Å². The number of sulfonamides is 1. The van der Waals surface area contributed by atoms with Gasteiger partial charge in [0, 0.05) is 33.1 Å². The highest BCUT2D eigenvalue weighted by atomic mass is 32.2. The summed E-state index contributed by atoms with van der Waals surface area (Å²) in [5.74, 6) is 1.59. The van der Waals surface area contributed by atoms with Gasteiger partial charge in [-0.3, -0.25) is 4.79 Å². The third-order valence-corrected chi connectivity index (χ3v) is 5.87. The summed E-state index contributed by atoms with van der Waals surface area (Å²) in [4.78, 5) is 12.8. The van der Waals surface area contributed by atoms with E-state index in [0.717, 1.165) is 44.9 Å². The number of allylic oxidation sites excluding steroid dienone is 1. The fourth-order valence-corrected chi connectivity index (χ4v) is 3.80. The van der Waals surface area contributed by atoms with E-state index in [4.69, 9.17) is 0 Å². The molecule has 0 radical (unpaired) electrons. The van der Waals surface area contributed by atoms with Crippen LogP contribution in [0.5, 0.6) is 0 Å². The van der Waals surface area contributed by atoms with Crippen molar-refractivity contribution in [2.45, 2.75) is 67.2 Å².